The minimum atomic E-state index is -2.77. The fourth-order valence-corrected chi connectivity index (χ4v) is 0.818. The largest absolute Gasteiger partial charge is 0.423 e. The van der Waals surface area contributed by atoms with Crippen molar-refractivity contribution in [3.63, 3.8) is 0 Å². The smallest absolute Gasteiger partial charge is 0.386 e. The molecule has 0 aromatic heterocycles. The van der Waals surface area contributed by atoms with Gasteiger partial charge in [0.25, 0.3) is 0 Å². The summed E-state index contributed by atoms with van der Waals surface area (Å²) < 4.78 is 48.5. The molecule has 18 heavy (non-hydrogen) atoms. The van der Waals surface area contributed by atoms with Gasteiger partial charge in [0.1, 0.15) is 0 Å². The molecular weight excluding hydrogens is 261 g/mol. The highest BCUT2D eigenvalue weighted by Gasteiger charge is 2.42. The average molecular weight is 271 g/mol. The van der Waals surface area contributed by atoms with E-state index in [0.717, 1.165) is 0 Å². The van der Waals surface area contributed by atoms with Gasteiger partial charge >= 0.3 is 23.9 Å². The van der Waals surface area contributed by atoms with Gasteiger partial charge < -0.3 is 14.2 Å². The van der Waals surface area contributed by atoms with Crippen LogP contribution in [-0.4, -0.2) is 43.9 Å². The number of alkyl halides is 3. The van der Waals surface area contributed by atoms with Crippen LogP contribution < -0.4 is 0 Å². The maximum absolute atomic E-state index is 12.0. The molecule has 0 rings (SSSR count). The molecule has 0 spiro atoms. The van der Waals surface area contributed by atoms with E-state index in [2.05, 4.69) is 21.1 Å². The molecule has 0 fully saturated rings. The zero-order valence-corrected chi connectivity index (χ0v) is 9.12. The Morgan fingerprint density at radius 3 is 1.28 bits per heavy atom. The summed E-state index contributed by atoms with van der Waals surface area (Å²) >= 11 is 0. The average Bonchev–Trinajstić information content (AvgIpc) is 2.37. The van der Waals surface area contributed by atoms with Gasteiger partial charge in [-0.15, -0.1) is 0 Å². The maximum Gasteiger partial charge on any atom is 0.423 e. The topological polar surface area (TPSA) is 78.9 Å². The van der Waals surface area contributed by atoms with Crippen molar-refractivity contribution in [3.05, 3.63) is 6.92 Å². The Morgan fingerprint density at radius 1 is 0.833 bits per heavy atom. The molecule has 0 unspecified atom stereocenters. The second kappa shape index (κ2) is 7.51. The number of hydrogen-bond donors (Lipinski definition) is 0. The highest BCUT2D eigenvalue weighted by atomic mass is 19.1. The number of carbonyl (C=O) groups is 3. The molecule has 0 aliphatic carbocycles. The van der Waals surface area contributed by atoms with E-state index in [-0.39, 0.29) is 0 Å². The number of halogens is 3. The first-order chi connectivity index (χ1) is 8.42. The molecular formula is C9H10F3O6. The van der Waals surface area contributed by atoms with E-state index in [1.165, 1.54) is 0 Å². The normalized spacial score (nSPS) is 10.7. The molecule has 0 saturated carbocycles. The van der Waals surface area contributed by atoms with Gasteiger partial charge in [0.15, 0.2) is 20.0 Å². The molecule has 0 aromatic rings. The molecule has 0 N–H and O–H groups in total. The van der Waals surface area contributed by atoms with Gasteiger partial charge in [-0.3, -0.25) is 0 Å². The van der Waals surface area contributed by atoms with Crippen LogP contribution in [0.1, 0.15) is 6.42 Å². The standard InChI is InChI=1S/C9H10F3O6/c1-2-9(16-6(13)3-10,17-7(14)4-11)18-8(15)5-12/h1-5H2. The molecule has 0 aliphatic heterocycles. The first-order valence-corrected chi connectivity index (χ1v) is 4.55. The van der Waals surface area contributed by atoms with Crippen LogP contribution >= 0.6 is 0 Å². The fraction of sp³-hybridized carbons (Fsp3) is 0.556. The van der Waals surface area contributed by atoms with Crippen LogP contribution in [0.15, 0.2) is 0 Å². The number of carbonyl (C=O) groups excluding carboxylic acids is 3. The van der Waals surface area contributed by atoms with Gasteiger partial charge in [-0.05, 0) is 6.92 Å². The Balaban J connectivity index is 4.98. The summed E-state index contributed by atoms with van der Waals surface area (Å²) in [4.78, 5) is 32.2. The van der Waals surface area contributed by atoms with Crippen molar-refractivity contribution in [1.29, 1.82) is 0 Å². The van der Waals surface area contributed by atoms with Crippen LogP contribution in [0, 0.1) is 6.92 Å². The zero-order valence-electron chi connectivity index (χ0n) is 9.12. The molecule has 0 aliphatic rings. The molecule has 0 bridgehead atoms. The first-order valence-electron chi connectivity index (χ1n) is 4.55. The summed E-state index contributed by atoms with van der Waals surface area (Å²) in [6.45, 7) is -1.75. The Bertz CT molecular complexity index is 274. The summed E-state index contributed by atoms with van der Waals surface area (Å²) in [5.41, 5.74) is 0. The number of hydrogen-bond acceptors (Lipinski definition) is 6. The predicted octanol–water partition coefficient (Wildman–Crippen LogP) is 0.402. The van der Waals surface area contributed by atoms with Gasteiger partial charge in [-0.2, -0.15) is 0 Å². The van der Waals surface area contributed by atoms with Crippen LogP contribution in [0.5, 0.6) is 0 Å². The second-order valence-electron chi connectivity index (χ2n) is 2.76. The number of esters is 3. The van der Waals surface area contributed by atoms with Crippen molar-refractivity contribution < 1.29 is 41.8 Å². The monoisotopic (exact) mass is 271 g/mol. The third-order valence-corrected chi connectivity index (χ3v) is 1.44. The Morgan fingerprint density at radius 2 is 1.11 bits per heavy atom. The third-order valence-electron chi connectivity index (χ3n) is 1.44. The lowest BCUT2D eigenvalue weighted by molar-refractivity contribution is -0.329. The minimum absolute atomic E-state index is 0.712. The van der Waals surface area contributed by atoms with Crippen molar-refractivity contribution in [2.24, 2.45) is 0 Å². The van der Waals surface area contributed by atoms with Crippen LogP contribution in [-0.2, 0) is 28.6 Å². The van der Waals surface area contributed by atoms with Crippen molar-refractivity contribution in [2.75, 3.05) is 20.0 Å². The quantitative estimate of drug-likeness (QED) is 0.492. The van der Waals surface area contributed by atoms with E-state index in [1.807, 2.05) is 0 Å². The summed E-state index contributed by atoms with van der Waals surface area (Å²) in [6, 6.07) is 0. The zero-order chi connectivity index (χ0) is 14.2. The lowest BCUT2D eigenvalue weighted by atomic mass is 10.4. The van der Waals surface area contributed by atoms with Gasteiger partial charge in [-0.25, -0.2) is 27.6 Å². The summed E-state index contributed by atoms with van der Waals surface area (Å²) in [5, 5.41) is 0. The summed E-state index contributed by atoms with van der Waals surface area (Å²) in [7, 11) is 0. The van der Waals surface area contributed by atoms with Gasteiger partial charge in [0.2, 0.25) is 0 Å². The van der Waals surface area contributed by atoms with Crippen LogP contribution in [0.2, 0.25) is 0 Å². The highest BCUT2D eigenvalue weighted by molar-refractivity contribution is 5.75. The van der Waals surface area contributed by atoms with E-state index in [1.54, 1.807) is 0 Å². The Kier molecular flexibility index (Phi) is 6.76. The first kappa shape index (κ1) is 16.2. The van der Waals surface area contributed by atoms with Crippen molar-refractivity contribution in [2.45, 2.75) is 12.4 Å². The van der Waals surface area contributed by atoms with Crippen molar-refractivity contribution in [1.82, 2.24) is 0 Å². The van der Waals surface area contributed by atoms with Crippen molar-refractivity contribution in [3.8, 4) is 0 Å². The van der Waals surface area contributed by atoms with Crippen LogP contribution in [0.3, 0.4) is 0 Å². The molecule has 0 amide bonds. The lowest BCUT2D eigenvalue weighted by Crippen LogP contribution is -2.45. The van der Waals surface area contributed by atoms with E-state index >= 15 is 0 Å². The van der Waals surface area contributed by atoms with E-state index in [0.29, 0.717) is 0 Å². The molecule has 0 heterocycles. The van der Waals surface area contributed by atoms with Crippen LogP contribution in [0.25, 0.3) is 0 Å². The summed E-state index contributed by atoms with van der Waals surface area (Å²) in [5.74, 6) is -7.44. The van der Waals surface area contributed by atoms with Crippen LogP contribution in [0.4, 0.5) is 13.2 Å². The third kappa shape index (κ3) is 5.02. The van der Waals surface area contributed by atoms with Gasteiger partial charge in [0.05, 0.1) is 6.42 Å². The van der Waals surface area contributed by atoms with Gasteiger partial charge in [-0.1, -0.05) is 0 Å². The second-order valence-corrected chi connectivity index (χ2v) is 2.76. The van der Waals surface area contributed by atoms with E-state index in [9.17, 15) is 27.6 Å². The number of rotatable bonds is 7. The molecule has 103 valence electrons. The van der Waals surface area contributed by atoms with E-state index < -0.39 is 50.3 Å². The molecule has 9 heteroatoms. The lowest BCUT2D eigenvalue weighted by Gasteiger charge is -2.29. The van der Waals surface area contributed by atoms with Gasteiger partial charge in [0, 0.05) is 0 Å². The predicted molar refractivity (Wildman–Crippen MR) is 48.9 cm³/mol. The number of ether oxygens (including phenoxy) is 3. The molecule has 0 saturated heterocycles. The summed E-state index contributed by atoms with van der Waals surface area (Å²) in [6.07, 6.45) is -0.712. The maximum atomic E-state index is 12.0. The molecule has 6 nitrogen and oxygen atoms in total. The molecule has 0 aromatic carbocycles. The fourth-order valence-electron chi connectivity index (χ4n) is 0.818. The SMILES string of the molecule is [CH2]CC(OC(=O)CF)(OC(=O)CF)OC(=O)CF. The molecule has 1 radical (unpaired) electrons. The Hall–Kier alpha value is -1.80. The molecule has 0 atom stereocenters. The highest BCUT2D eigenvalue weighted by Crippen LogP contribution is 2.21. The van der Waals surface area contributed by atoms with E-state index in [4.69, 9.17) is 0 Å². The minimum Gasteiger partial charge on any atom is -0.386 e. The van der Waals surface area contributed by atoms with Crippen molar-refractivity contribution >= 4 is 17.9 Å². The Labute approximate surface area is 100.0 Å².